The fourth-order valence-electron chi connectivity index (χ4n) is 2.47. The van der Waals surface area contributed by atoms with Crippen molar-refractivity contribution in [1.29, 1.82) is 0 Å². The van der Waals surface area contributed by atoms with Gasteiger partial charge in [0.2, 0.25) is 0 Å². The number of hydrogen-bond donors (Lipinski definition) is 1. The first-order valence-electron chi connectivity index (χ1n) is 7.45. The van der Waals surface area contributed by atoms with E-state index in [9.17, 15) is 13.2 Å². The largest absolute Gasteiger partial charge is 0.417 e. The highest BCUT2D eigenvalue weighted by molar-refractivity contribution is 5.45. The van der Waals surface area contributed by atoms with E-state index in [1.165, 1.54) is 16.9 Å². The third-order valence-electron chi connectivity index (χ3n) is 4.14. The lowest BCUT2D eigenvalue weighted by molar-refractivity contribution is -0.137. The molecular weight excluding hydrogens is 339 g/mol. The van der Waals surface area contributed by atoms with Crippen molar-refractivity contribution in [1.82, 2.24) is 30.1 Å². The van der Waals surface area contributed by atoms with Crippen molar-refractivity contribution in [2.75, 3.05) is 0 Å². The van der Waals surface area contributed by atoms with Crippen molar-refractivity contribution < 1.29 is 17.7 Å². The van der Waals surface area contributed by atoms with Gasteiger partial charge < -0.3 is 10.3 Å². The second-order valence-electron chi connectivity index (χ2n) is 5.88. The molecule has 130 valence electrons. The molecule has 3 aromatic heterocycles. The second kappa shape index (κ2) is 5.34. The Bertz CT molecular complexity index is 896. The molecular formula is C14H12F3N7O. The van der Waals surface area contributed by atoms with E-state index >= 15 is 0 Å². The van der Waals surface area contributed by atoms with Gasteiger partial charge in [-0.3, -0.25) is 0 Å². The first-order chi connectivity index (χ1) is 11.9. The highest BCUT2D eigenvalue weighted by atomic mass is 19.4. The van der Waals surface area contributed by atoms with E-state index in [0.29, 0.717) is 5.82 Å². The Hall–Kier alpha value is -2.82. The number of hydrogen-bond acceptors (Lipinski definition) is 7. The minimum Gasteiger partial charge on any atom is -0.332 e. The van der Waals surface area contributed by atoms with E-state index in [1.54, 1.807) is 0 Å². The summed E-state index contributed by atoms with van der Waals surface area (Å²) >= 11 is 0. The lowest BCUT2D eigenvalue weighted by Crippen LogP contribution is -2.44. The van der Waals surface area contributed by atoms with E-state index in [-0.39, 0.29) is 17.4 Å². The summed E-state index contributed by atoms with van der Waals surface area (Å²) in [4.78, 5) is 7.98. The van der Waals surface area contributed by atoms with Crippen LogP contribution < -0.4 is 5.73 Å². The van der Waals surface area contributed by atoms with E-state index < -0.39 is 17.3 Å². The Morgan fingerprint density at radius 2 is 2.04 bits per heavy atom. The van der Waals surface area contributed by atoms with Crippen LogP contribution >= 0.6 is 0 Å². The molecule has 1 fully saturated rings. The maximum Gasteiger partial charge on any atom is 0.417 e. The van der Waals surface area contributed by atoms with Crippen LogP contribution in [0.2, 0.25) is 0 Å². The monoisotopic (exact) mass is 351 g/mol. The predicted molar refractivity (Wildman–Crippen MR) is 77.2 cm³/mol. The van der Waals surface area contributed by atoms with Crippen LogP contribution in [0.1, 0.15) is 30.7 Å². The van der Waals surface area contributed by atoms with Gasteiger partial charge in [0.25, 0.3) is 5.89 Å². The molecule has 4 rings (SSSR count). The van der Waals surface area contributed by atoms with Crippen LogP contribution in [-0.4, -0.2) is 30.1 Å². The molecule has 0 radical (unpaired) electrons. The van der Waals surface area contributed by atoms with Crippen LogP contribution in [0.15, 0.2) is 29.0 Å². The van der Waals surface area contributed by atoms with Gasteiger partial charge in [-0.1, -0.05) is 10.4 Å². The fourth-order valence-corrected chi connectivity index (χ4v) is 2.47. The lowest BCUT2D eigenvalue weighted by Gasteiger charge is -2.34. The standard InChI is InChI=1S/C14H12F3N7O/c15-14(16,17)8-2-3-10(19-6-8)24-7-9(21-23-24)11-20-12(22-25-11)13(18)4-1-5-13/h2-3,6-7H,1,4-5,18H2. The van der Waals surface area contributed by atoms with Gasteiger partial charge >= 0.3 is 6.18 Å². The average molecular weight is 351 g/mol. The molecule has 1 aliphatic carbocycles. The first-order valence-corrected chi connectivity index (χ1v) is 7.45. The number of halogens is 3. The van der Waals surface area contributed by atoms with Crippen molar-refractivity contribution in [2.45, 2.75) is 31.0 Å². The van der Waals surface area contributed by atoms with Crippen LogP contribution in [0.5, 0.6) is 0 Å². The van der Waals surface area contributed by atoms with Crippen molar-refractivity contribution in [2.24, 2.45) is 5.73 Å². The average Bonchev–Trinajstić information content (AvgIpc) is 3.21. The van der Waals surface area contributed by atoms with Gasteiger partial charge in [0.1, 0.15) is 0 Å². The maximum atomic E-state index is 12.6. The number of aromatic nitrogens is 6. The topological polar surface area (TPSA) is 109 Å². The molecule has 0 bridgehead atoms. The smallest absolute Gasteiger partial charge is 0.332 e. The van der Waals surface area contributed by atoms with E-state index in [2.05, 4.69) is 25.4 Å². The van der Waals surface area contributed by atoms with E-state index in [4.69, 9.17) is 10.3 Å². The first kappa shape index (κ1) is 15.7. The van der Waals surface area contributed by atoms with Gasteiger partial charge in [0.15, 0.2) is 17.3 Å². The Morgan fingerprint density at radius 3 is 2.64 bits per heavy atom. The fraction of sp³-hybridized carbons (Fsp3) is 0.357. The molecule has 0 saturated heterocycles. The zero-order valence-corrected chi connectivity index (χ0v) is 12.7. The number of pyridine rings is 1. The molecule has 0 atom stereocenters. The third kappa shape index (κ3) is 2.76. The van der Waals surface area contributed by atoms with E-state index in [0.717, 1.165) is 31.5 Å². The quantitative estimate of drug-likeness (QED) is 0.769. The lowest BCUT2D eigenvalue weighted by atomic mass is 9.77. The molecule has 0 amide bonds. The van der Waals surface area contributed by atoms with Gasteiger partial charge in [-0.25, -0.2) is 9.67 Å². The third-order valence-corrected chi connectivity index (χ3v) is 4.14. The Balaban J connectivity index is 1.58. The Labute approximate surface area is 138 Å². The summed E-state index contributed by atoms with van der Waals surface area (Å²) in [5, 5.41) is 11.6. The predicted octanol–water partition coefficient (Wildman–Crippen LogP) is 2.07. The van der Waals surface area contributed by atoms with E-state index in [1.807, 2.05) is 0 Å². The van der Waals surface area contributed by atoms with Crippen molar-refractivity contribution >= 4 is 0 Å². The highest BCUT2D eigenvalue weighted by Crippen LogP contribution is 2.37. The molecule has 25 heavy (non-hydrogen) atoms. The normalized spacial score (nSPS) is 16.6. The summed E-state index contributed by atoms with van der Waals surface area (Å²) < 4.78 is 44.1. The number of nitrogens with zero attached hydrogens (tertiary/aromatic N) is 6. The van der Waals surface area contributed by atoms with Crippen LogP contribution in [0.3, 0.4) is 0 Å². The van der Waals surface area contributed by atoms with Gasteiger partial charge in [-0.05, 0) is 31.4 Å². The summed E-state index contributed by atoms with van der Waals surface area (Å²) in [6, 6.07) is 2.12. The molecule has 2 N–H and O–H groups in total. The maximum absolute atomic E-state index is 12.6. The van der Waals surface area contributed by atoms with Crippen LogP contribution in [-0.2, 0) is 11.7 Å². The molecule has 1 aliphatic rings. The summed E-state index contributed by atoms with van der Waals surface area (Å²) in [7, 11) is 0. The minimum absolute atomic E-state index is 0.143. The molecule has 0 aromatic carbocycles. The molecule has 0 aliphatic heterocycles. The van der Waals surface area contributed by atoms with Gasteiger partial charge in [-0.2, -0.15) is 18.2 Å². The van der Waals surface area contributed by atoms with Crippen LogP contribution in [0.4, 0.5) is 13.2 Å². The van der Waals surface area contributed by atoms with Crippen molar-refractivity contribution in [3.05, 3.63) is 35.9 Å². The number of alkyl halides is 3. The summed E-state index contributed by atoms with van der Waals surface area (Å²) in [6.45, 7) is 0. The summed E-state index contributed by atoms with van der Waals surface area (Å²) in [5.41, 5.74) is 5.01. The molecule has 11 heteroatoms. The zero-order valence-electron chi connectivity index (χ0n) is 12.7. The van der Waals surface area contributed by atoms with Crippen molar-refractivity contribution in [3.8, 4) is 17.4 Å². The molecule has 3 aromatic rings. The number of nitrogens with two attached hydrogens (primary N) is 1. The number of rotatable bonds is 3. The zero-order chi connectivity index (χ0) is 17.7. The Morgan fingerprint density at radius 1 is 1.24 bits per heavy atom. The van der Waals surface area contributed by atoms with Crippen LogP contribution in [0.25, 0.3) is 17.4 Å². The SMILES string of the molecule is NC1(c2noc(-c3cn(-c4ccc(C(F)(F)F)cn4)nn3)n2)CCC1. The molecule has 1 saturated carbocycles. The second-order valence-corrected chi connectivity index (χ2v) is 5.88. The van der Waals surface area contributed by atoms with Gasteiger partial charge in [-0.15, -0.1) is 5.10 Å². The molecule has 3 heterocycles. The van der Waals surface area contributed by atoms with Crippen molar-refractivity contribution in [3.63, 3.8) is 0 Å². The minimum atomic E-state index is -4.45. The molecule has 8 nitrogen and oxygen atoms in total. The molecule has 0 spiro atoms. The Kier molecular flexibility index (Phi) is 3.35. The van der Waals surface area contributed by atoms with Gasteiger partial charge in [0, 0.05) is 6.20 Å². The summed E-state index contributed by atoms with van der Waals surface area (Å²) in [6.07, 6.45) is 0.310. The highest BCUT2D eigenvalue weighted by Gasteiger charge is 2.39. The summed E-state index contributed by atoms with van der Waals surface area (Å²) in [5.74, 6) is 0.738. The van der Waals surface area contributed by atoms with Crippen LogP contribution in [0, 0.1) is 0 Å². The van der Waals surface area contributed by atoms with Gasteiger partial charge in [0.05, 0.1) is 17.3 Å². The molecule has 0 unspecified atom stereocenters.